The van der Waals surface area contributed by atoms with Crippen LogP contribution in [0.5, 0.6) is 5.75 Å². The Kier molecular flexibility index (Phi) is 6.31. The molecule has 2 aromatic carbocycles. The summed E-state index contributed by atoms with van der Waals surface area (Å²) in [4.78, 5) is 23.8. The van der Waals surface area contributed by atoms with Crippen LogP contribution in [0.2, 0.25) is 0 Å². The minimum absolute atomic E-state index is 0.238. The molecule has 0 spiro atoms. The van der Waals surface area contributed by atoms with Gasteiger partial charge in [0.15, 0.2) is 0 Å². The van der Waals surface area contributed by atoms with Crippen LogP contribution in [0.1, 0.15) is 27.6 Å². The predicted octanol–water partition coefficient (Wildman–Crippen LogP) is 2.38. The highest BCUT2D eigenvalue weighted by molar-refractivity contribution is 5.95. The number of hydrogen-bond acceptors (Lipinski definition) is 3. The summed E-state index contributed by atoms with van der Waals surface area (Å²) in [6, 6.07) is 12.2. The zero-order valence-corrected chi connectivity index (χ0v) is 13.3. The van der Waals surface area contributed by atoms with Gasteiger partial charge in [0.05, 0.1) is 6.61 Å². The Morgan fingerprint density at radius 3 is 2.17 bits per heavy atom. The Labute approximate surface area is 139 Å². The summed E-state index contributed by atoms with van der Waals surface area (Å²) < 4.78 is 18.4. The molecule has 2 amide bonds. The minimum atomic E-state index is -0.466. The Balaban J connectivity index is 1.75. The van der Waals surface area contributed by atoms with E-state index in [9.17, 15) is 14.0 Å². The molecule has 6 heteroatoms. The van der Waals surface area contributed by atoms with E-state index < -0.39 is 5.82 Å². The summed E-state index contributed by atoms with van der Waals surface area (Å²) in [6.45, 7) is 2.97. The van der Waals surface area contributed by atoms with Crippen LogP contribution in [-0.4, -0.2) is 31.5 Å². The lowest BCUT2D eigenvalue weighted by Crippen LogP contribution is -2.34. The van der Waals surface area contributed by atoms with Gasteiger partial charge in [-0.15, -0.1) is 0 Å². The first-order chi connectivity index (χ1) is 11.6. The van der Waals surface area contributed by atoms with Gasteiger partial charge in [0, 0.05) is 24.2 Å². The standard InChI is InChI=1S/C18H19FN2O3/c1-2-24-16-8-6-13(7-9-16)17(22)20-10-11-21-18(23)14-4-3-5-15(19)12-14/h3-9,12H,2,10-11H2,1H3,(H,20,22)(H,21,23). The minimum Gasteiger partial charge on any atom is -0.494 e. The van der Waals surface area contributed by atoms with Gasteiger partial charge in [-0.25, -0.2) is 4.39 Å². The molecule has 2 rings (SSSR count). The fraction of sp³-hybridized carbons (Fsp3) is 0.222. The van der Waals surface area contributed by atoms with Gasteiger partial charge in [0.25, 0.3) is 11.8 Å². The molecule has 0 aliphatic heterocycles. The van der Waals surface area contributed by atoms with Crippen LogP contribution in [0.4, 0.5) is 4.39 Å². The van der Waals surface area contributed by atoms with Gasteiger partial charge < -0.3 is 15.4 Å². The van der Waals surface area contributed by atoms with E-state index in [0.717, 1.165) is 6.07 Å². The van der Waals surface area contributed by atoms with E-state index in [2.05, 4.69) is 10.6 Å². The van der Waals surface area contributed by atoms with Gasteiger partial charge in [-0.3, -0.25) is 9.59 Å². The van der Waals surface area contributed by atoms with Crippen LogP contribution in [0.3, 0.4) is 0 Å². The second-order valence-electron chi connectivity index (χ2n) is 4.98. The maximum absolute atomic E-state index is 13.0. The maximum atomic E-state index is 13.0. The van der Waals surface area contributed by atoms with Crippen molar-refractivity contribution in [1.29, 1.82) is 0 Å². The number of carbonyl (C=O) groups excluding carboxylic acids is 2. The molecular formula is C18H19FN2O3. The van der Waals surface area contributed by atoms with Gasteiger partial charge in [0.2, 0.25) is 0 Å². The molecule has 0 aliphatic rings. The highest BCUT2D eigenvalue weighted by Crippen LogP contribution is 2.11. The lowest BCUT2D eigenvalue weighted by atomic mass is 10.2. The summed E-state index contributed by atoms with van der Waals surface area (Å²) in [7, 11) is 0. The highest BCUT2D eigenvalue weighted by atomic mass is 19.1. The molecule has 0 radical (unpaired) electrons. The van der Waals surface area contributed by atoms with E-state index >= 15 is 0 Å². The van der Waals surface area contributed by atoms with Gasteiger partial charge in [-0.1, -0.05) is 6.07 Å². The zero-order valence-electron chi connectivity index (χ0n) is 13.3. The van der Waals surface area contributed by atoms with Crippen molar-refractivity contribution in [3.05, 3.63) is 65.5 Å². The first-order valence-corrected chi connectivity index (χ1v) is 7.65. The first kappa shape index (κ1) is 17.5. The summed E-state index contributed by atoms with van der Waals surface area (Å²) in [6.07, 6.45) is 0. The van der Waals surface area contributed by atoms with Crippen molar-refractivity contribution in [2.45, 2.75) is 6.92 Å². The third-order valence-electron chi connectivity index (χ3n) is 3.21. The molecule has 0 atom stereocenters. The van der Waals surface area contributed by atoms with Crippen LogP contribution in [0.25, 0.3) is 0 Å². The molecule has 0 aliphatic carbocycles. The first-order valence-electron chi connectivity index (χ1n) is 7.65. The lowest BCUT2D eigenvalue weighted by molar-refractivity contribution is 0.0927. The van der Waals surface area contributed by atoms with Crippen LogP contribution < -0.4 is 15.4 Å². The molecule has 0 saturated carbocycles. The third-order valence-corrected chi connectivity index (χ3v) is 3.21. The molecule has 5 nitrogen and oxygen atoms in total. The average Bonchev–Trinajstić information content (AvgIpc) is 2.59. The summed E-state index contributed by atoms with van der Waals surface area (Å²) >= 11 is 0. The fourth-order valence-corrected chi connectivity index (χ4v) is 2.06. The van der Waals surface area contributed by atoms with Crippen LogP contribution >= 0.6 is 0 Å². The Hall–Kier alpha value is -2.89. The van der Waals surface area contributed by atoms with Crippen LogP contribution in [0, 0.1) is 5.82 Å². The number of ether oxygens (including phenoxy) is 1. The predicted molar refractivity (Wildman–Crippen MR) is 88.7 cm³/mol. The van der Waals surface area contributed by atoms with Crippen molar-refractivity contribution in [3.8, 4) is 5.75 Å². The van der Waals surface area contributed by atoms with Crippen molar-refractivity contribution in [1.82, 2.24) is 10.6 Å². The van der Waals surface area contributed by atoms with Crippen LogP contribution in [-0.2, 0) is 0 Å². The molecule has 2 N–H and O–H groups in total. The van der Waals surface area contributed by atoms with Crippen molar-refractivity contribution in [2.75, 3.05) is 19.7 Å². The van der Waals surface area contributed by atoms with Crippen molar-refractivity contribution in [2.24, 2.45) is 0 Å². The molecule has 0 fully saturated rings. The average molecular weight is 330 g/mol. The molecule has 0 bridgehead atoms. The Bertz CT molecular complexity index is 702. The number of rotatable bonds is 7. The van der Waals surface area contributed by atoms with E-state index in [-0.39, 0.29) is 30.5 Å². The smallest absolute Gasteiger partial charge is 0.251 e. The van der Waals surface area contributed by atoms with Crippen molar-refractivity contribution in [3.63, 3.8) is 0 Å². The second kappa shape index (κ2) is 8.67. The number of carbonyl (C=O) groups is 2. The Morgan fingerprint density at radius 1 is 0.958 bits per heavy atom. The van der Waals surface area contributed by atoms with E-state index in [1.807, 2.05) is 6.92 Å². The monoisotopic (exact) mass is 330 g/mol. The molecule has 126 valence electrons. The van der Waals surface area contributed by atoms with Gasteiger partial charge in [-0.05, 0) is 49.4 Å². The molecule has 0 aromatic heterocycles. The van der Waals surface area contributed by atoms with E-state index in [1.165, 1.54) is 18.2 Å². The van der Waals surface area contributed by atoms with E-state index in [4.69, 9.17) is 4.74 Å². The third kappa shape index (κ3) is 5.08. The van der Waals surface area contributed by atoms with Gasteiger partial charge in [0.1, 0.15) is 11.6 Å². The number of benzene rings is 2. The van der Waals surface area contributed by atoms with Gasteiger partial charge >= 0.3 is 0 Å². The Morgan fingerprint density at radius 2 is 1.58 bits per heavy atom. The van der Waals surface area contributed by atoms with E-state index in [0.29, 0.717) is 17.9 Å². The molecule has 2 aromatic rings. The summed E-state index contributed by atoms with van der Waals surface area (Å²) in [5.74, 6) is -0.384. The highest BCUT2D eigenvalue weighted by Gasteiger charge is 2.07. The summed E-state index contributed by atoms with van der Waals surface area (Å²) in [5.41, 5.74) is 0.753. The van der Waals surface area contributed by atoms with E-state index in [1.54, 1.807) is 24.3 Å². The normalized spacial score (nSPS) is 10.1. The van der Waals surface area contributed by atoms with Crippen molar-refractivity contribution < 1.29 is 18.7 Å². The molecule has 24 heavy (non-hydrogen) atoms. The number of amides is 2. The SMILES string of the molecule is CCOc1ccc(C(=O)NCCNC(=O)c2cccc(F)c2)cc1. The van der Waals surface area contributed by atoms with Gasteiger partial charge in [-0.2, -0.15) is 0 Å². The molecule has 0 heterocycles. The lowest BCUT2D eigenvalue weighted by Gasteiger charge is -2.08. The number of hydrogen-bond donors (Lipinski definition) is 2. The molecule has 0 unspecified atom stereocenters. The number of halogens is 1. The summed E-state index contributed by atoms with van der Waals surface area (Å²) in [5, 5.41) is 5.32. The largest absolute Gasteiger partial charge is 0.494 e. The van der Waals surface area contributed by atoms with Crippen LogP contribution in [0.15, 0.2) is 48.5 Å². The fourth-order valence-electron chi connectivity index (χ4n) is 2.06. The quantitative estimate of drug-likeness (QED) is 0.766. The molecular weight excluding hydrogens is 311 g/mol. The number of nitrogens with one attached hydrogen (secondary N) is 2. The van der Waals surface area contributed by atoms with Crippen molar-refractivity contribution >= 4 is 11.8 Å². The topological polar surface area (TPSA) is 67.4 Å². The zero-order chi connectivity index (χ0) is 17.4. The molecule has 0 saturated heterocycles. The maximum Gasteiger partial charge on any atom is 0.251 e. The second-order valence-corrected chi connectivity index (χ2v) is 4.98.